The van der Waals surface area contributed by atoms with Gasteiger partial charge in [0, 0.05) is 0 Å². The standard InChI is InChI=1S/C3H9NO.3ClHO4.Cr.6H2O/c1-3(5)4-2;3*2-1(3,4)5;;;;;;;/h3-5H,1-2H3;3*(H,2,3,4,5);;6*1H2/q;;;;+3;;;;;;/p-3. The molecule has 1 atom stereocenters. The maximum absolute atomic E-state index is 8.49. The number of hydrogen-bond acceptors (Lipinski definition) is 14. The number of halogens is 3. The molecular formula is C3H21Cl3CrNO19. The molecule has 0 saturated heterocycles. The summed E-state index contributed by atoms with van der Waals surface area (Å²) in [6.45, 7) is 1.67. The van der Waals surface area contributed by atoms with Gasteiger partial charge in [-0.3, -0.25) is 5.32 Å². The smallest absolute Gasteiger partial charge is 0.412 e. The molecule has 0 bridgehead atoms. The summed E-state index contributed by atoms with van der Waals surface area (Å²) in [4.78, 5) is 0. The van der Waals surface area contributed by atoms with Crippen LogP contribution in [0.5, 0.6) is 0 Å². The average Bonchev–Trinajstić information content (AvgIpc) is 1.93. The topological polar surface area (TPSA) is 498 Å². The Morgan fingerprint density at radius 3 is 0.593 bits per heavy atom. The second-order valence-corrected chi connectivity index (χ2v) is 4.37. The molecule has 0 spiro atoms. The molecule has 0 aliphatic carbocycles. The summed E-state index contributed by atoms with van der Waals surface area (Å²) in [6, 6.07) is 0. The summed E-state index contributed by atoms with van der Waals surface area (Å²) in [5.74, 6) is 0. The van der Waals surface area contributed by atoms with Crippen molar-refractivity contribution in [3.05, 3.63) is 0 Å². The maximum Gasteiger partial charge on any atom is 3.00 e. The van der Waals surface area contributed by atoms with Crippen molar-refractivity contribution < 1.29 is 142 Å². The Hall–Kier alpha value is 0.602. The van der Waals surface area contributed by atoms with Crippen LogP contribution in [0.3, 0.4) is 0 Å². The van der Waals surface area contributed by atoms with Gasteiger partial charge in [-0.1, -0.05) is 0 Å². The van der Waals surface area contributed by atoms with Gasteiger partial charge in [0.25, 0.3) is 0 Å². The van der Waals surface area contributed by atoms with Crippen molar-refractivity contribution in [1.82, 2.24) is 5.32 Å². The Bertz CT molecular complexity index is 157. The van der Waals surface area contributed by atoms with Gasteiger partial charge in [-0.2, -0.15) is 0 Å². The molecule has 24 heteroatoms. The molecule has 1 unspecified atom stereocenters. The maximum atomic E-state index is 8.49. The fourth-order valence-corrected chi connectivity index (χ4v) is 0. The van der Waals surface area contributed by atoms with Crippen molar-refractivity contribution in [1.29, 1.82) is 0 Å². The summed E-state index contributed by atoms with van der Waals surface area (Å²) in [5.41, 5.74) is 0. The van der Waals surface area contributed by atoms with Gasteiger partial charge in [-0.15, -0.1) is 30.7 Å². The van der Waals surface area contributed by atoms with E-state index in [-0.39, 0.29) is 56.4 Å². The number of hydrogen-bond donors (Lipinski definition) is 2. The van der Waals surface area contributed by atoms with Crippen LogP contribution in [0.2, 0.25) is 0 Å². The van der Waals surface area contributed by atoms with Gasteiger partial charge in [-0.25, -0.2) is 55.9 Å². The predicted molar refractivity (Wildman–Crippen MR) is 42.4 cm³/mol. The van der Waals surface area contributed by atoms with Crippen molar-refractivity contribution in [3.63, 3.8) is 0 Å². The third kappa shape index (κ3) is 2380. The molecule has 0 saturated carbocycles. The summed E-state index contributed by atoms with van der Waals surface area (Å²) >= 11 is 0. The van der Waals surface area contributed by atoms with Gasteiger partial charge in [0.15, 0.2) is 0 Å². The molecule has 0 aliphatic heterocycles. The van der Waals surface area contributed by atoms with Crippen LogP contribution in [-0.2, 0) is 17.4 Å². The zero-order valence-electron chi connectivity index (χ0n) is 13.0. The molecular weight excluding hydrogens is 512 g/mol. The van der Waals surface area contributed by atoms with Crippen molar-refractivity contribution in [3.8, 4) is 0 Å². The molecule has 0 aromatic rings. The van der Waals surface area contributed by atoms with E-state index in [1.165, 1.54) is 0 Å². The minimum absolute atomic E-state index is 0. The average molecular weight is 534 g/mol. The molecule has 0 aromatic heterocycles. The SMILES string of the molecule is CNC(C)O.O.O.O.O.O.O.[Cr+3].[O-][Cl+3]([O-])([O-])[O-].[O-][Cl+3]([O-])([O-])[O-].[O-][Cl+3]([O-])([O-])[O-]. The molecule has 27 heavy (non-hydrogen) atoms. The van der Waals surface area contributed by atoms with Gasteiger partial charge in [0.05, 0.1) is 0 Å². The van der Waals surface area contributed by atoms with Crippen LogP contribution in [-0.4, -0.2) is 51.2 Å². The minimum Gasteiger partial charge on any atom is -0.412 e. The van der Waals surface area contributed by atoms with Crippen LogP contribution >= 0.6 is 0 Å². The number of nitrogens with one attached hydrogen (secondary N) is 1. The second kappa shape index (κ2) is 34.1. The molecule has 0 fully saturated rings. The zero-order chi connectivity index (χ0) is 17.8. The van der Waals surface area contributed by atoms with Crippen LogP contribution in [0.25, 0.3) is 0 Å². The molecule has 1 radical (unpaired) electrons. The van der Waals surface area contributed by atoms with Crippen molar-refractivity contribution >= 4 is 0 Å². The quantitative estimate of drug-likeness (QED) is 0.295. The number of rotatable bonds is 1. The first kappa shape index (κ1) is 70.9. The van der Waals surface area contributed by atoms with E-state index < -0.39 is 30.7 Å². The van der Waals surface area contributed by atoms with E-state index in [1.54, 1.807) is 14.0 Å². The monoisotopic (exact) mass is 532 g/mol. The van der Waals surface area contributed by atoms with Crippen LogP contribution in [0.15, 0.2) is 0 Å². The van der Waals surface area contributed by atoms with Crippen LogP contribution in [0.4, 0.5) is 0 Å². The molecule has 179 valence electrons. The molecule has 0 aliphatic rings. The van der Waals surface area contributed by atoms with Gasteiger partial charge < -0.3 is 38.0 Å². The summed E-state index contributed by atoms with van der Waals surface area (Å²) in [5, 5.41) is 10.8. The normalized spacial score (nSPS) is 9.44. The van der Waals surface area contributed by atoms with Crippen molar-refractivity contribution in [2.45, 2.75) is 13.2 Å². The third-order valence-corrected chi connectivity index (χ3v) is 0.418. The Morgan fingerprint density at radius 2 is 0.593 bits per heavy atom. The molecule has 14 N–H and O–H groups in total. The first-order chi connectivity index (χ1) is 8.27. The third-order valence-electron chi connectivity index (χ3n) is 0.418. The summed E-state index contributed by atoms with van der Waals surface area (Å²) in [7, 11) is -13.1. The largest absolute Gasteiger partial charge is 3.00 e. The minimum atomic E-state index is -4.94. The molecule has 0 rings (SSSR count). The van der Waals surface area contributed by atoms with E-state index in [0.29, 0.717) is 0 Å². The Balaban J connectivity index is -0.0000000129. The molecule has 0 aromatic carbocycles. The van der Waals surface area contributed by atoms with Gasteiger partial charge in [-0.05, 0) is 14.0 Å². The number of aliphatic hydroxyl groups is 1. The summed E-state index contributed by atoms with van der Waals surface area (Å²) in [6.07, 6.45) is -0.366. The van der Waals surface area contributed by atoms with E-state index in [9.17, 15) is 0 Å². The Morgan fingerprint density at radius 1 is 0.556 bits per heavy atom. The van der Waals surface area contributed by atoms with E-state index in [2.05, 4.69) is 5.32 Å². The van der Waals surface area contributed by atoms with E-state index >= 15 is 0 Å². The van der Waals surface area contributed by atoms with E-state index in [0.717, 1.165) is 0 Å². The number of aliphatic hydroxyl groups excluding tert-OH is 1. The van der Waals surface area contributed by atoms with Gasteiger partial charge in [0.1, 0.15) is 6.23 Å². The molecule has 0 amide bonds. The summed E-state index contributed by atoms with van der Waals surface area (Å²) < 4.78 is 102. The van der Waals surface area contributed by atoms with E-state index in [1.807, 2.05) is 0 Å². The van der Waals surface area contributed by atoms with Crippen LogP contribution < -0.4 is 61.2 Å². The van der Waals surface area contributed by atoms with E-state index in [4.69, 9.17) is 61.0 Å². The Labute approximate surface area is 168 Å². The second-order valence-electron chi connectivity index (χ2n) is 2.10. The first-order valence-electron chi connectivity index (χ1n) is 3.48. The van der Waals surface area contributed by atoms with Crippen molar-refractivity contribution in [2.75, 3.05) is 7.05 Å². The van der Waals surface area contributed by atoms with Crippen LogP contribution in [0, 0.1) is 30.7 Å². The van der Waals surface area contributed by atoms with Crippen molar-refractivity contribution in [2.24, 2.45) is 0 Å². The molecule has 0 heterocycles. The van der Waals surface area contributed by atoms with Gasteiger partial charge >= 0.3 is 17.4 Å². The van der Waals surface area contributed by atoms with Crippen LogP contribution in [0.1, 0.15) is 6.92 Å². The Kier molecular flexibility index (Phi) is 89.6. The van der Waals surface area contributed by atoms with Gasteiger partial charge in [0.2, 0.25) is 0 Å². The fourth-order valence-electron chi connectivity index (χ4n) is 0. The fraction of sp³-hybridized carbons (Fsp3) is 1.00. The predicted octanol–water partition coefficient (Wildman–Crippen LogP) is -19.7. The zero-order valence-corrected chi connectivity index (χ0v) is 16.5. The molecule has 20 nitrogen and oxygen atoms in total. The first-order valence-corrected chi connectivity index (χ1v) is 7.18.